The van der Waals surface area contributed by atoms with Crippen molar-refractivity contribution >= 4 is 15.9 Å². The number of nitrogens with two attached hydrogens (primary N) is 1. The van der Waals surface area contributed by atoms with E-state index in [2.05, 4.69) is 32.4 Å². The van der Waals surface area contributed by atoms with Crippen LogP contribution in [0.25, 0.3) is 0 Å². The topological polar surface area (TPSA) is 43.8 Å². The molecule has 0 aliphatic carbocycles. The average Bonchev–Trinajstić information content (AvgIpc) is 2.80. The number of hydrogen-bond acceptors (Lipinski definition) is 2. The number of halogens is 2. The van der Waals surface area contributed by atoms with Crippen LogP contribution < -0.4 is 5.73 Å². The minimum absolute atomic E-state index is 0.275. The van der Waals surface area contributed by atoms with Gasteiger partial charge in [0.1, 0.15) is 11.6 Å². The van der Waals surface area contributed by atoms with Crippen LogP contribution in [0.1, 0.15) is 30.8 Å². The van der Waals surface area contributed by atoms with E-state index in [1.165, 1.54) is 6.07 Å². The van der Waals surface area contributed by atoms with Crippen molar-refractivity contribution in [3.05, 3.63) is 52.3 Å². The van der Waals surface area contributed by atoms with E-state index in [1.807, 2.05) is 12.3 Å². The second-order valence-corrected chi connectivity index (χ2v) is 5.28. The zero-order valence-electron chi connectivity index (χ0n) is 10.8. The molecule has 0 saturated heterocycles. The molecule has 1 aromatic carbocycles. The van der Waals surface area contributed by atoms with Crippen molar-refractivity contribution in [1.29, 1.82) is 0 Å². The Hall–Kier alpha value is -1.20. The maximum Gasteiger partial charge on any atom is 0.137 e. The van der Waals surface area contributed by atoms with Gasteiger partial charge >= 0.3 is 0 Å². The quantitative estimate of drug-likeness (QED) is 0.915. The molecule has 0 spiro atoms. The molecule has 2 N–H and O–H groups in total. The lowest BCUT2D eigenvalue weighted by Gasteiger charge is -2.15. The van der Waals surface area contributed by atoms with Crippen molar-refractivity contribution in [3.63, 3.8) is 0 Å². The molecule has 1 unspecified atom stereocenters. The van der Waals surface area contributed by atoms with Gasteiger partial charge in [-0.3, -0.25) is 0 Å². The lowest BCUT2D eigenvalue weighted by molar-refractivity contribution is 0.586. The van der Waals surface area contributed by atoms with Gasteiger partial charge in [-0.15, -0.1) is 0 Å². The first-order chi connectivity index (χ1) is 9.13. The summed E-state index contributed by atoms with van der Waals surface area (Å²) in [5.74, 6) is 0.648. The maximum atomic E-state index is 13.5. The fraction of sp³-hybridized carbons (Fsp3) is 0.357. The molecular formula is C14H17BrFN3. The molecule has 2 rings (SSSR count). The normalized spacial score (nSPS) is 12.6. The van der Waals surface area contributed by atoms with Gasteiger partial charge in [0.05, 0.1) is 4.47 Å². The summed E-state index contributed by atoms with van der Waals surface area (Å²) in [7, 11) is 0. The monoisotopic (exact) mass is 325 g/mol. The van der Waals surface area contributed by atoms with Crippen LogP contribution in [0.15, 0.2) is 35.1 Å². The van der Waals surface area contributed by atoms with E-state index in [4.69, 9.17) is 5.73 Å². The smallest absolute Gasteiger partial charge is 0.137 e. The highest BCUT2D eigenvalue weighted by Gasteiger charge is 2.15. The van der Waals surface area contributed by atoms with E-state index in [1.54, 1.807) is 12.3 Å². The van der Waals surface area contributed by atoms with Gasteiger partial charge in [0.15, 0.2) is 0 Å². The highest BCUT2D eigenvalue weighted by atomic mass is 79.9. The van der Waals surface area contributed by atoms with E-state index in [0.717, 1.165) is 24.4 Å². The molecule has 0 fully saturated rings. The van der Waals surface area contributed by atoms with Crippen molar-refractivity contribution in [2.45, 2.75) is 32.4 Å². The molecule has 0 aliphatic heterocycles. The first-order valence-electron chi connectivity index (χ1n) is 6.33. The number of nitrogens with zero attached hydrogens (tertiary/aromatic N) is 2. The second-order valence-electron chi connectivity index (χ2n) is 4.49. The lowest BCUT2D eigenvalue weighted by atomic mass is 10.0. The first kappa shape index (κ1) is 14.2. The summed E-state index contributed by atoms with van der Waals surface area (Å²) >= 11 is 3.25. The van der Waals surface area contributed by atoms with Crippen LogP contribution in [-0.4, -0.2) is 9.55 Å². The Bertz CT molecular complexity index is 553. The average molecular weight is 326 g/mol. The Morgan fingerprint density at radius 1 is 1.47 bits per heavy atom. The van der Waals surface area contributed by atoms with Crippen LogP contribution >= 0.6 is 15.9 Å². The van der Waals surface area contributed by atoms with Crippen molar-refractivity contribution in [3.8, 4) is 0 Å². The van der Waals surface area contributed by atoms with Crippen LogP contribution in [0.5, 0.6) is 0 Å². The summed E-state index contributed by atoms with van der Waals surface area (Å²) in [6.45, 7) is 3.04. The summed E-state index contributed by atoms with van der Waals surface area (Å²) in [6.07, 6.45) is 5.36. The zero-order valence-corrected chi connectivity index (χ0v) is 12.4. The van der Waals surface area contributed by atoms with Gasteiger partial charge in [-0.25, -0.2) is 9.37 Å². The van der Waals surface area contributed by atoms with Crippen molar-refractivity contribution in [2.75, 3.05) is 0 Å². The third-order valence-electron chi connectivity index (χ3n) is 3.05. The van der Waals surface area contributed by atoms with E-state index in [0.29, 0.717) is 10.9 Å². The van der Waals surface area contributed by atoms with Gasteiger partial charge in [0.2, 0.25) is 0 Å². The van der Waals surface area contributed by atoms with E-state index >= 15 is 0 Å². The largest absolute Gasteiger partial charge is 0.335 e. The van der Waals surface area contributed by atoms with Gasteiger partial charge in [-0.2, -0.15) is 0 Å². The van der Waals surface area contributed by atoms with Gasteiger partial charge in [-0.05, 0) is 34.0 Å². The van der Waals surface area contributed by atoms with Gasteiger partial charge in [-0.1, -0.05) is 19.1 Å². The third kappa shape index (κ3) is 3.22. The number of imidazole rings is 1. The summed E-state index contributed by atoms with van der Waals surface area (Å²) < 4.78 is 16.0. The number of hydrogen-bond donors (Lipinski definition) is 1. The zero-order chi connectivity index (χ0) is 13.8. The number of aryl methyl sites for hydroxylation is 1. The van der Waals surface area contributed by atoms with Crippen molar-refractivity contribution in [1.82, 2.24) is 9.55 Å². The molecular weight excluding hydrogens is 309 g/mol. The number of rotatable bonds is 5. The van der Waals surface area contributed by atoms with Crippen LogP contribution in [0, 0.1) is 5.82 Å². The number of aromatic nitrogens is 2. The van der Waals surface area contributed by atoms with E-state index < -0.39 is 0 Å². The third-order valence-corrected chi connectivity index (χ3v) is 3.89. The molecule has 2 aromatic rings. The van der Waals surface area contributed by atoms with E-state index in [9.17, 15) is 4.39 Å². The van der Waals surface area contributed by atoms with Crippen LogP contribution in [0.2, 0.25) is 0 Å². The molecule has 1 aromatic heterocycles. The highest BCUT2D eigenvalue weighted by Crippen LogP contribution is 2.26. The maximum absolute atomic E-state index is 13.5. The van der Waals surface area contributed by atoms with Crippen LogP contribution in [-0.2, 0) is 13.0 Å². The molecule has 0 saturated carbocycles. The van der Waals surface area contributed by atoms with Gasteiger partial charge < -0.3 is 10.3 Å². The summed E-state index contributed by atoms with van der Waals surface area (Å²) in [4.78, 5) is 4.33. The van der Waals surface area contributed by atoms with Crippen molar-refractivity contribution in [2.24, 2.45) is 5.73 Å². The van der Waals surface area contributed by atoms with E-state index in [-0.39, 0.29) is 11.9 Å². The minimum atomic E-state index is -0.287. The molecule has 1 heterocycles. The molecule has 19 heavy (non-hydrogen) atoms. The molecule has 0 amide bonds. The van der Waals surface area contributed by atoms with Crippen LogP contribution in [0.3, 0.4) is 0 Å². The predicted molar refractivity (Wildman–Crippen MR) is 77.3 cm³/mol. The minimum Gasteiger partial charge on any atom is -0.335 e. The van der Waals surface area contributed by atoms with Crippen molar-refractivity contribution < 1.29 is 4.39 Å². The molecule has 0 radical (unpaired) electrons. The molecule has 1 atom stereocenters. The lowest BCUT2D eigenvalue weighted by Crippen LogP contribution is -2.17. The SMILES string of the molecule is CCCn1ccnc1CC(N)c1cccc(F)c1Br. The summed E-state index contributed by atoms with van der Waals surface area (Å²) in [5, 5.41) is 0. The standard InChI is InChI=1S/C14H17BrFN3/c1-2-7-19-8-6-18-13(19)9-12(17)10-4-3-5-11(16)14(10)15/h3-6,8,12H,2,7,9,17H2,1H3. The Kier molecular flexibility index (Phi) is 4.71. The molecule has 5 heteroatoms. The first-order valence-corrected chi connectivity index (χ1v) is 7.12. The Labute approximate surface area is 120 Å². The predicted octanol–water partition coefficient (Wildman–Crippen LogP) is 3.44. The molecule has 102 valence electrons. The fourth-order valence-corrected chi connectivity index (χ4v) is 2.65. The highest BCUT2D eigenvalue weighted by molar-refractivity contribution is 9.10. The Morgan fingerprint density at radius 2 is 2.26 bits per heavy atom. The van der Waals surface area contributed by atoms with Gasteiger partial charge in [0.25, 0.3) is 0 Å². The van der Waals surface area contributed by atoms with Crippen LogP contribution in [0.4, 0.5) is 4.39 Å². The second kappa shape index (κ2) is 6.30. The molecule has 3 nitrogen and oxygen atoms in total. The summed E-state index contributed by atoms with van der Waals surface area (Å²) in [5.41, 5.74) is 6.94. The summed E-state index contributed by atoms with van der Waals surface area (Å²) in [6, 6.07) is 4.65. The molecule has 0 bridgehead atoms. The fourth-order valence-electron chi connectivity index (χ4n) is 2.09. The Morgan fingerprint density at radius 3 is 3.00 bits per heavy atom. The van der Waals surface area contributed by atoms with Gasteiger partial charge in [0, 0.05) is 31.4 Å². The Balaban J connectivity index is 2.18. The number of benzene rings is 1. The molecule has 0 aliphatic rings.